The Morgan fingerprint density at radius 2 is 2.12 bits per heavy atom. The molecule has 0 aliphatic heterocycles. The number of nitrogens with one attached hydrogen (secondary N) is 1. The van der Waals surface area contributed by atoms with Crippen LogP contribution in [0.3, 0.4) is 0 Å². The van der Waals surface area contributed by atoms with E-state index >= 15 is 0 Å². The van der Waals surface area contributed by atoms with Crippen molar-refractivity contribution in [1.82, 2.24) is 10.5 Å². The summed E-state index contributed by atoms with van der Waals surface area (Å²) < 4.78 is 18.5. The second-order valence-electron chi connectivity index (χ2n) is 3.46. The van der Waals surface area contributed by atoms with Gasteiger partial charge in [0.2, 0.25) is 0 Å². The molecule has 6 heteroatoms. The van der Waals surface area contributed by atoms with E-state index in [0.717, 1.165) is 5.56 Å². The first-order valence-corrected chi connectivity index (χ1v) is 5.62. The fourth-order valence-electron chi connectivity index (χ4n) is 1.50. The molecule has 1 aromatic carbocycles. The number of benzene rings is 1. The molecule has 1 N–H and O–H groups in total. The lowest BCUT2D eigenvalue weighted by Gasteiger charge is -2.04. The average Bonchev–Trinajstić information content (AvgIpc) is 2.72. The monoisotopic (exact) mass is 274 g/mol. The molecule has 0 bridgehead atoms. The van der Waals surface area contributed by atoms with Gasteiger partial charge in [-0.05, 0) is 19.2 Å². The quantitative estimate of drug-likeness (QED) is 0.871. The van der Waals surface area contributed by atoms with Crippen molar-refractivity contribution in [2.24, 2.45) is 0 Å². The fraction of sp³-hybridized carbons (Fsp3) is 0.182. The van der Waals surface area contributed by atoms with E-state index in [1.54, 1.807) is 13.2 Å². The van der Waals surface area contributed by atoms with E-state index in [0.29, 0.717) is 22.9 Å². The highest BCUT2D eigenvalue weighted by Crippen LogP contribution is 2.34. The normalized spacial score (nSPS) is 10.8. The highest BCUT2D eigenvalue weighted by molar-refractivity contribution is 6.36. The Morgan fingerprint density at radius 1 is 1.35 bits per heavy atom. The van der Waals surface area contributed by atoms with Gasteiger partial charge in [0.25, 0.3) is 0 Å². The molecule has 0 saturated heterocycles. The summed E-state index contributed by atoms with van der Waals surface area (Å²) in [5.74, 6) is -0.0993. The predicted molar refractivity (Wildman–Crippen MR) is 64.7 cm³/mol. The first-order valence-electron chi connectivity index (χ1n) is 4.86. The largest absolute Gasteiger partial charge is 0.356 e. The minimum Gasteiger partial charge on any atom is -0.356 e. The van der Waals surface area contributed by atoms with Crippen molar-refractivity contribution in [3.63, 3.8) is 0 Å². The predicted octanol–water partition coefficient (Wildman–Crippen LogP) is 3.51. The third kappa shape index (κ3) is 2.44. The van der Waals surface area contributed by atoms with Crippen molar-refractivity contribution in [2.75, 3.05) is 7.05 Å². The summed E-state index contributed by atoms with van der Waals surface area (Å²) in [5, 5.41) is 6.95. The molecular weight excluding hydrogens is 266 g/mol. The molecule has 0 unspecified atom stereocenters. The molecular formula is C11H9Cl2FN2O. The summed E-state index contributed by atoms with van der Waals surface area (Å²) in [5.41, 5.74) is 1.24. The summed E-state index contributed by atoms with van der Waals surface area (Å²) >= 11 is 11.6. The lowest BCUT2D eigenvalue weighted by atomic mass is 10.1. The van der Waals surface area contributed by atoms with E-state index < -0.39 is 5.82 Å². The van der Waals surface area contributed by atoms with Gasteiger partial charge in [0.05, 0.1) is 16.2 Å². The number of nitrogens with zero attached hydrogens (tertiary/aromatic N) is 1. The minimum absolute atomic E-state index is 0.0200. The number of hydrogen-bond donors (Lipinski definition) is 1. The number of rotatable bonds is 3. The third-order valence-corrected chi connectivity index (χ3v) is 2.87. The van der Waals surface area contributed by atoms with E-state index in [1.807, 2.05) is 0 Å². The number of hydrogen-bond acceptors (Lipinski definition) is 3. The Balaban J connectivity index is 2.52. The van der Waals surface area contributed by atoms with Crippen LogP contribution in [0.25, 0.3) is 11.3 Å². The summed E-state index contributed by atoms with van der Waals surface area (Å²) in [6.07, 6.45) is 1.56. The molecule has 0 saturated carbocycles. The zero-order valence-electron chi connectivity index (χ0n) is 8.93. The summed E-state index contributed by atoms with van der Waals surface area (Å²) in [4.78, 5) is 0. The third-order valence-electron chi connectivity index (χ3n) is 2.27. The van der Waals surface area contributed by atoms with E-state index in [4.69, 9.17) is 27.7 Å². The Kier molecular flexibility index (Phi) is 3.66. The number of aromatic nitrogens is 1. The van der Waals surface area contributed by atoms with Crippen molar-refractivity contribution in [3.05, 3.63) is 39.8 Å². The van der Waals surface area contributed by atoms with Crippen molar-refractivity contribution in [1.29, 1.82) is 0 Å². The Hall–Kier alpha value is -1.10. The molecule has 0 fully saturated rings. The molecule has 0 atom stereocenters. The Morgan fingerprint density at radius 3 is 2.82 bits per heavy atom. The van der Waals surface area contributed by atoms with Crippen LogP contribution < -0.4 is 5.32 Å². The van der Waals surface area contributed by atoms with Crippen molar-refractivity contribution < 1.29 is 8.91 Å². The highest BCUT2D eigenvalue weighted by atomic mass is 35.5. The standard InChI is InChI=1S/C11H9Cl2FN2O/c1-15-4-6-5-16-17-11(6)7-2-10(14)9(13)3-8(7)12/h2-3,5,15H,4H2,1H3. The first kappa shape index (κ1) is 12.4. The van der Waals surface area contributed by atoms with Gasteiger partial charge in [0, 0.05) is 17.7 Å². The van der Waals surface area contributed by atoms with E-state index in [-0.39, 0.29) is 5.02 Å². The van der Waals surface area contributed by atoms with Gasteiger partial charge in [-0.2, -0.15) is 0 Å². The van der Waals surface area contributed by atoms with Gasteiger partial charge in [-0.15, -0.1) is 0 Å². The van der Waals surface area contributed by atoms with Crippen LogP contribution in [0.1, 0.15) is 5.56 Å². The van der Waals surface area contributed by atoms with E-state index in [9.17, 15) is 4.39 Å². The Bertz CT molecular complexity index is 542. The lowest BCUT2D eigenvalue weighted by molar-refractivity contribution is 0.431. The molecule has 0 radical (unpaired) electrons. The summed E-state index contributed by atoms with van der Waals surface area (Å²) in [6.45, 7) is 0.555. The van der Waals surface area contributed by atoms with Crippen molar-refractivity contribution in [2.45, 2.75) is 6.54 Å². The van der Waals surface area contributed by atoms with E-state index in [2.05, 4.69) is 10.5 Å². The molecule has 1 heterocycles. The molecule has 90 valence electrons. The summed E-state index contributed by atoms with van der Waals surface area (Å²) in [6, 6.07) is 2.59. The molecule has 3 nitrogen and oxygen atoms in total. The van der Waals surface area contributed by atoms with Gasteiger partial charge >= 0.3 is 0 Å². The van der Waals surface area contributed by atoms with Gasteiger partial charge in [-0.1, -0.05) is 28.4 Å². The SMILES string of the molecule is CNCc1cnoc1-c1cc(F)c(Cl)cc1Cl. The van der Waals surface area contributed by atoms with Crippen LogP contribution >= 0.6 is 23.2 Å². The van der Waals surface area contributed by atoms with Crippen LogP contribution in [0, 0.1) is 5.82 Å². The maximum atomic E-state index is 13.4. The molecule has 2 aromatic rings. The van der Waals surface area contributed by atoms with Gasteiger partial charge in [0.15, 0.2) is 5.76 Å². The van der Waals surface area contributed by atoms with Crippen molar-refractivity contribution in [3.8, 4) is 11.3 Å². The number of halogens is 3. The van der Waals surface area contributed by atoms with E-state index in [1.165, 1.54) is 12.1 Å². The van der Waals surface area contributed by atoms with Crippen LogP contribution in [0.15, 0.2) is 22.9 Å². The van der Waals surface area contributed by atoms with Gasteiger partial charge in [-0.25, -0.2) is 4.39 Å². The van der Waals surface area contributed by atoms with Crippen LogP contribution in [0.5, 0.6) is 0 Å². The maximum Gasteiger partial charge on any atom is 0.172 e. The second-order valence-corrected chi connectivity index (χ2v) is 4.27. The summed E-state index contributed by atoms with van der Waals surface area (Å²) in [7, 11) is 1.79. The molecule has 1 aromatic heterocycles. The van der Waals surface area contributed by atoms with Crippen LogP contribution in [-0.2, 0) is 6.54 Å². The average molecular weight is 275 g/mol. The molecule has 2 rings (SSSR count). The van der Waals surface area contributed by atoms with Gasteiger partial charge in [-0.3, -0.25) is 0 Å². The zero-order chi connectivity index (χ0) is 12.4. The van der Waals surface area contributed by atoms with Crippen LogP contribution in [0.2, 0.25) is 10.0 Å². The fourth-order valence-corrected chi connectivity index (χ4v) is 1.96. The minimum atomic E-state index is -0.544. The zero-order valence-corrected chi connectivity index (χ0v) is 10.4. The van der Waals surface area contributed by atoms with Crippen LogP contribution in [-0.4, -0.2) is 12.2 Å². The van der Waals surface area contributed by atoms with Gasteiger partial charge < -0.3 is 9.84 Å². The van der Waals surface area contributed by atoms with Gasteiger partial charge in [0.1, 0.15) is 5.82 Å². The Labute approximate surface area is 108 Å². The van der Waals surface area contributed by atoms with Crippen molar-refractivity contribution >= 4 is 23.2 Å². The smallest absolute Gasteiger partial charge is 0.172 e. The first-order chi connectivity index (χ1) is 8.13. The molecule has 0 spiro atoms. The second kappa shape index (κ2) is 5.04. The van der Waals surface area contributed by atoms with Crippen LogP contribution in [0.4, 0.5) is 4.39 Å². The lowest BCUT2D eigenvalue weighted by Crippen LogP contribution is -2.05. The molecule has 0 aliphatic rings. The highest BCUT2D eigenvalue weighted by Gasteiger charge is 2.16. The molecule has 17 heavy (non-hydrogen) atoms. The molecule has 0 amide bonds. The molecule has 0 aliphatic carbocycles. The topological polar surface area (TPSA) is 38.1 Å². The maximum absolute atomic E-state index is 13.4.